The van der Waals surface area contributed by atoms with Gasteiger partial charge in [0.1, 0.15) is 22.9 Å². The molecule has 5 aromatic rings. The van der Waals surface area contributed by atoms with Crippen molar-refractivity contribution < 1.29 is 23.9 Å². The van der Waals surface area contributed by atoms with Gasteiger partial charge in [-0.05, 0) is 130 Å². The number of anilines is 4. The molecule has 342 valence electrons. The number of allylic oxidation sites excluding steroid dienone is 2. The van der Waals surface area contributed by atoms with Crippen LogP contribution in [0.3, 0.4) is 0 Å². The minimum atomic E-state index is -1.29. The van der Waals surface area contributed by atoms with Crippen LogP contribution in [0.15, 0.2) is 83.6 Å². The number of nitrogens with zero attached hydrogens (tertiary/aromatic N) is 9. The van der Waals surface area contributed by atoms with Gasteiger partial charge in [0, 0.05) is 80.6 Å². The summed E-state index contributed by atoms with van der Waals surface area (Å²) in [5.74, 6) is -0.665. The molecule has 2 aromatic carbocycles. The summed E-state index contributed by atoms with van der Waals surface area (Å²) in [4.78, 5) is 74.2. The van der Waals surface area contributed by atoms with Crippen molar-refractivity contribution in [3.8, 4) is 5.82 Å². The lowest BCUT2D eigenvalue weighted by Crippen LogP contribution is -2.52. The van der Waals surface area contributed by atoms with E-state index in [0.717, 1.165) is 87.6 Å². The number of likely N-dealkylation sites (tertiary alicyclic amines) is 1. The lowest BCUT2D eigenvalue weighted by Gasteiger charge is -2.42. The lowest BCUT2D eigenvalue weighted by molar-refractivity contribution is -0.136. The Morgan fingerprint density at radius 2 is 1.61 bits per heavy atom. The van der Waals surface area contributed by atoms with Crippen LogP contribution in [0.2, 0.25) is 0 Å². The highest BCUT2D eigenvalue weighted by Crippen LogP contribution is 2.43. The summed E-state index contributed by atoms with van der Waals surface area (Å²) < 4.78 is 17.9. The fraction of sp³-hybridized carbons (Fsp3) is 0.449. The van der Waals surface area contributed by atoms with Crippen molar-refractivity contribution in [1.82, 2.24) is 39.4 Å². The molecular formula is C49H54FN11O5. The standard InChI is InChI=1S/C49H54FN11O5/c1-48(66)17-3-4-32(50)29-60-46(65)38-27-51-47(55-43(38)61(60)41-6-2-5-40(48)53-41)52-33-7-9-34(10-8-33)56-21-15-35(16-22-56)58-25-20-49(30-58)18-23-57(24-19-49)36-11-12-37-31(26-36)28-59(45(37)64)39-13-14-42(62)54-44(39)63/h2,4-12,26-27,35,39,66H,3,13-25,28-30H2,1H3,(H,51,52,55)(H,54,62,63)/t39?,48-/m1/s1. The Morgan fingerprint density at radius 1 is 0.848 bits per heavy atom. The van der Waals surface area contributed by atoms with Crippen LogP contribution in [0.1, 0.15) is 86.3 Å². The molecule has 16 nitrogen and oxygen atoms in total. The number of halogens is 1. The van der Waals surface area contributed by atoms with Crippen molar-refractivity contribution >= 4 is 51.8 Å². The number of hydrogen-bond donors (Lipinski definition) is 3. The van der Waals surface area contributed by atoms with Crippen molar-refractivity contribution in [2.45, 2.75) is 95.5 Å². The second-order valence-corrected chi connectivity index (χ2v) is 19.3. The van der Waals surface area contributed by atoms with Crippen molar-refractivity contribution in [2.24, 2.45) is 5.41 Å². The number of amides is 3. The molecule has 0 aliphatic carbocycles. The molecule has 0 radical (unpaired) electrons. The molecule has 1 spiro atoms. The van der Waals surface area contributed by atoms with E-state index in [9.17, 15) is 24.3 Å². The average molecular weight is 896 g/mol. The average Bonchev–Trinajstić information content (AvgIpc) is 3.96. The maximum atomic E-state index is 15.2. The third kappa shape index (κ3) is 7.70. The molecule has 3 amide bonds. The van der Waals surface area contributed by atoms with Gasteiger partial charge in [-0.15, -0.1) is 0 Å². The van der Waals surface area contributed by atoms with Crippen molar-refractivity contribution in [2.75, 3.05) is 54.4 Å². The summed E-state index contributed by atoms with van der Waals surface area (Å²) in [6, 6.07) is 19.5. The highest BCUT2D eigenvalue weighted by Gasteiger charge is 2.44. The Kier molecular flexibility index (Phi) is 10.5. The van der Waals surface area contributed by atoms with E-state index in [-0.39, 0.29) is 60.5 Å². The van der Waals surface area contributed by atoms with E-state index in [2.05, 4.69) is 48.5 Å². The number of carbonyl (C=O) groups excluding carboxylic acids is 3. The Bertz CT molecular complexity index is 2840. The molecule has 66 heavy (non-hydrogen) atoms. The Balaban J connectivity index is 0.697. The number of aliphatic hydroxyl groups is 1. The molecule has 2 bridgehead atoms. The van der Waals surface area contributed by atoms with E-state index in [1.165, 1.54) is 28.1 Å². The van der Waals surface area contributed by atoms with Crippen LogP contribution in [-0.4, -0.2) is 108 Å². The zero-order valence-corrected chi connectivity index (χ0v) is 37.1. The van der Waals surface area contributed by atoms with E-state index in [1.807, 2.05) is 24.3 Å². The fourth-order valence-corrected chi connectivity index (χ4v) is 11.2. The van der Waals surface area contributed by atoms with Crippen LogP contribution >= 0.6 is 0 Å². The number of rotatable bonds is 6. The molecule has 0 saturated carbocycles. The van der Waals surface area contributed by atoms with Crippen LogP contribution < -0.4 is 26.0 Å². The summed E-state index contributed by atoms with van der Waals surface area (Å²) >= 11 is 0. The van der Waals surface area contributed by atoms with E-state index < -0.39 is 23.0 Å². The van der Waals surface area contributed by atoms with Gasteiger partial charge in [-0.25, -0.2) is 23.7 Å². The number of fused-ring (bicyclic) bond motifs is 7. The first-order chi connectivity index (χ1) is 31.9. The maximum Gasteiger partial charge on any atom is 0.278 e. The number of carbonyl (C=O) groups is 3. The van der Waals surface area contributed by atoms with Crippen LogP contribution in [0.4, 0.5) is 27.4 Å². The second kappa shape index (κ2) is 16.5. The van der Waals surface area contributed by atoms with Gasteiger partial charge in [-0.2, -0.15) is 4.98 Å². The monoisotopic (exact) mass is 895 g/mol. The van der Waals surface area contributed by atoms with E-state index in [4.69, 9.17) is 9.97 Å². The molecule has 3 aromatic heterocycles. The molecule has 17 heteroatoms. The predicted octanol–water partition coefficient (Wildman–Crippen LogP) is 5.30. The van der Waals surface area contributed by atoms with E-state index in [1.54, 1.807) is 30.0 Å². The molecule has 6 aliphatic rings. The summed E-state index contributed by atoms with van der Waals surface area (Å²) in [6.07, 6.45) is 9.75. The van der Waals surface area contributed by atoms with Gasteiger partial charge < -0.3 is 25.1 Å². The molecule has 4 fully saturated rings. The van der Waals surface area contributed by atoms with E-state index >= 15 is 4.39 Å². The molecule has 9 heterocycles. The SMILES string of the molecule is C[C@@]1(O)CCC=C(F)Cn2c(=O)c3cnc(Nc4ccc(N5CCC(N6CCC7(CCN(c8ccc9c(c8)CN(C8CCC(=O)NC8=O)C9=O)CC7)C6)CC5)cc4)nc3n2-c2cccc1n2. The van der Waals surface area contributed by atoms with Gasteiger partial charge in [-0.3, -0.25) is 29.4 Å². The van der Waals surface area contributed by atoms with Gasteiger partial charge in [0.2, 0.25) is 17.8 Å². The summed E-state index contributed by atoms with van der Waals surface area (Å²) in [5, 5.41) is 17.1. The van der Waals surface area contributed by atoms with Crippen LogP contribution in [0.25, 0.3) is 16.9 Å². The fourth-order valence-electron chi connectivity index (χ4n) is 11.2. The highest BCUT2D eigenvalue weighted by molar-refractivity contribution is 6.05. The minimum absolute atomic E-state index is 0.135. The largest absolute Gasteiger partial charge is 0.384 e. The summed E-state index contributed by atoms with van der Waals surface area (Å²) in [7, 11) is 0. The third-order valence-electron chi connectivity index (χ3n) is 15.1. The normalized spacial score (nSPS) is 23.7. The molecule has 2 atom stereocenters. The molecule has 3 N–H and O–H groups in total. The zero-order valence-electron chi connectivity index (χ0n) is 37.1. The van der Waals surface area contributed by atoms with Gasteiger partial charge in [-0.1, -0.05) is 12.1 Å². The van der Waals surface area contributed by atoms with Crippen molar-refractivity contribution in [3.05, 3.63) is 106 Å². The highest BCUT2D eigenvalue weighted by atomic mass is 19.1. The molecule has 1 unspecified atom stereocenters. The van der Waals surface area contributed by atoms with Gasteiger partial charge in [0.25, 0.3) is 11.5 Å². The zero-order chi connectivity index (χ0) is 45.3. The summed E-state index contributed by atoms with van der Waals surface area (Å²) in [6.45, 7) is 7.93. The topological polar surface area (TPSA) is 174 Å². The van der Waals surface area contributed by atoms with Gasteiger partial charge in [0.05, 0.1) is 12.2 Å². The number of aromatic nitrogens is 5. The minimum Gasteiger partial charge on any atom is -0.384 e. The lowest BCUT2D eigenvalue weighted by atomic mass is 9.77. The quantitative estimate of drug-likeness (QED) is 0.188. The van der Waals surface area contributed by atoms with Gasteiger partial charge >= 0.3 is 0 Å². The first kappa shape index (κ1) is 42.2. The van der Waals surface area contributed by atoms with Crippen LogP contribution in [0, 0.1) is 5.41 Å². The molecule has 6 aliphatic heterocycles. The number of pyridine rings is 1. The number of nitrogens with one attached hydrogen (secondary N) is 2. The second-order valence-electron chi connectivity index (χ2n) is 19.3. The van der Waals surface area contributed by atoms with E-state index in [0.29, 0.717) is 41.5 Å². The number of hydrogen-bond acceptors (Lipinski definition) is 12. The number of piperidine rings is 3. The first-order valence-corrected chi connectivity index (χ1v) is 23.3. The van der Waals surface area contributed by atoms with Crippen LogP contribution in [0.5, 0.6) is 0 Å². The molecular weight excluding hydrogens is 842 g/mol. The summed E-state index contributed by atoms with van der Waals surface area (Å²) in [5.41, 5.74) is 3.97. The number of imide groups is 1. The molecule has 11 rings (SSSR count). The third-order valence-corrected chi connectivity index (χ3v) is 15.1. The Labute approximate surface area is 381 Å². The van der Waals surface area contributed by atoms with Crippen LogP contribution in [-0.2, 0) is 28.3 Å². The first-order valence-electron chi connectivity index (χ1n) is 23.3. The van der Waals surface area contributed by atoms with Gasteiger partial charge in [0.15, 0.2) is 11.5 Å². The van der Waals surface area contributed by atoms with Crippen molar-refractivity contribution in [3.63, 3.8) is 0 Å². The maximum absolute atomic E-state index is 15.2. The van der Waals surface area contributed by atoms with Crippen molar-refractivity contribution in [1.29, 1.82) is 0 Å². The smallest absolute Gasteiger partial charge is 0.278 e. The molecule has 4 saturated heterocycles. The Morgan fingerprint density at radius 3 is 2.39 bits per heavy atom. The Hall–Kier alpha value is -6.46. The number of benzene rings is 2. The predicted molar refractivity (Wildman–Crippen MR) is 246 cm³/mol.